The summed E-state index contributed by atoms with van der Waals surface area (Å²) in [5.41, 5.74) is 5.04. The molecular weight excluding hydrogens is 452 g/mol. The fourth-order valence-corrected chi connectivity index (χ4v) is 4.98. The number of aromatic nitrogens is 4. The number of benzene rings is 1. The van der Waals surface area contributed by atoms with Gasteiger partial charge in [-0.3, -0.25) is 9.36 Å². The van der Waals surface area contributed by atoms with Crippen LogP contribution in [0.5, 0.6) is 0 Å². The number of urea groups is 1. The average molecular weight is 486 g/mol. The van der Waals surface area contributed by atoms with Crippen molar-refractivity contribution in [3.05, 3.63) is 46.9 Å². The van der Waals surface area contributed by atoms with Gasteiger partial charge in [-0.1, -0.05) is 13.8 Å². The molecule has 8 nitrogen and oxygen atoms in total. The third-order valence-electron chi connectivity index (χ3n) is 6.60. The number of aryl methyl sites for hydroxylation is 3. The van der Waals surface area contributed by atoms with Crippen LogP contribution in [-0.4, -0.2) is 50.6 Å². The van der Waals surface area contributed by atoms with Crippen molar-refractivity contribution in [2.75, 3.05) is 25.0 Å². The van der Waals surface area contributed by atoms with Gasteiger partial charge in [0, 0.05) is 74.9 Å². The Hall–Kier alpha value is -3.43. The van der Waals surface area contributed by atoms with Gasteiger partial charge in [0.1, 0.15) is 0 Å². The summed E-state index contributed by atoms with van der Waals surface area (Å²) in [5, 5.41) is 11.6. The minimum atomic E-state index is -2.62. The summed E-state index contributed by atoms with van der Waals surface area (Å²) in [6, 6.07) is 3.37. The second kappa shape index (κ2) is 10.1. The largest absolute Gasteiger partial charge is 0.341 e. The van der Waals surface area contributed by atoms with Crippen molar-refractivity contribution in [3.8, 4) is 11.1 Å². The monoisotopic (exact) mass is 485 g/mol. The van der Waals surface area contributed by atoms with Crippen molar-refractivity contribution >= 4 is 17.5 Å². The minimum Gasteiger partial charge on any atom is -0.341 e. The average Bonchev–Trinajstić information content (AvgIpc) is 3.46. The zero-order chi connectivity index (χ0) is 25.3. The molecule has 0 saturated heterocycles. The van der Waals surface area contributed by atoms with Crippen molar-refractivity contribution in [1.82, 2.24) is 29.8 Å². The first-order chi connectivity index (χ1) is 16.9. The highest BCUT2D eigenvalue weighted by Crippen LogP contribution is 2.42. The van der Waals surface area contributed by atoms with E-state index in [1.165, 1.54) is 0 Å². The van der Waals surface area contributed by atoms with Crippen LogP contribution in [0.4, 0.5) is 25.1 Å². The Morgan fingerprint density at radius 1 is 1.14 bits per heavy atom. The van der Waals surface area contributed by atoms with Crippen molar-refractivity contribution < 1.29 is 13.6 Å². The van der Waals surface area contributed by atoms with Gasteiger partial charge < -0.3 is 15.1 Å². The lowest BCUT2D eigenvalue weighted by Gasteiger charge is -2.33. The Bertz CT molecular complexity index is 1220. The molecule has 0 saturated carbocycles. The molecule has 4 heterocycles. The van der Waals surface area contributed by atoms with E-state index >= 15 is 0 Å². The van der Waals surface area contributed by atoms with E-state index in [0.29, 0.717) is 37.2 Å². The van der Waals surface area contributed by atoms with Crippen LogP contribution in [0.1, 0.15) is 49.1 Å². The van der Waals surface area contributed by atoms with Gasteiger partial charge >= 0.3 is 6.03 Å². The van der Waals surface area contributed by atoms with Crippen LogP contribution in [0.25, 0.3) is 11.1 Å². The third kappa shape index (κ3) is 4.49. The predicted molar refractivity (Wildman–Crippen MR) is 132 cm³/mol. The van der Waals surface area contributed by atoms with E-state index in [4.69, 9.17) is 5.10 Å². The molecular formula is C25H33F2N7O. The predicted octanol–water partition coefficient (Wildman–Crippen LogP) is 4.57. The zero-order valence-electron chi connectivity index (χ0n) is 21.0. The second-order valence-corrected chi connectivity index (χ2v) is 8.63. The molecule has 3 aromatic rings. The van der Waals surface area contributed by atoms with E-state index in [2.05, 4.69) is 10.4 Å². The molecule has 0 aliphatic carbocycles. The maximum Gasteiger partial charge on any atom is 0.317 e. The van der Waals surface area contributed by atoms with Gasteiger partial charge in [0.2, 0.25) is 0 Å². The van der Waals surface area contributed by atoms with E-state index in [0.717, 1.165) is 41.2 Å². The fraction of sp³-hybridized carbons (Fsp3) is 0.480. The molecule has 0 fully saturated rings. The Morgan fingerprint density at radius 2 is 1.91 bits per heavy atom. The molecule has 35 heavy (non-hydrogen) atoms. The lowest BCUT2D eigenvalue weighted by molar-refractivity contribution is 0.152. The third-order valence-corrected chi connectivity index (χ3v) is 6.60. The maximum atomic E-state index is 14.2. The molecule has 0 bridgehead atoms. The molecule has 10 heteroatoms. The molecule has 0 atom stereocenters. The highest BCUT2D eigenvalue weighted by molar-refractivity contribution is 5.78. The van der Waals surface area contributed by atoms with E-state index in [9.17, 15) is 13.6 Å². The number of halogens is 2. The van der Waals surface area contributed by atoms with Crippen molar-refractivity contribution in [1.29, 1.82) is 0 Å². The lowest BCUT2D eigenvalue weighted by Crippen LogP contribution is -2.41. The molecule has 2 aliphatic heterocycles. The summed E-state index contributed by atoms with van der Waals surface area (Å²) >= 11 is 0. The Morgan fingerprint density at radius 3 is 2.57 bits per heavy atom. The highest BCUT2D eigenvalue weighted by Gasteiger charge is 2.32. The first-order valence-corrected chi connectivity index (χ1v) is 12.1. The van der Waals surface area contributed by atoms with Crippen LogP contribution in [0.3, 0.4) is 0 Å². The zero-order valence-corrected chi connectivity index (χ0v) is 21.0. The Kier molecular flexibility index (Phi) is 7.09. The van der Waals surface area contributed by atoms with Gasteiger partial charge in [0.15, 0.2) is 5.82 Å². The van der Waals surface area contributed by atoms with Crippen LogP contribution in [0.2, 0.25) is 0 Å². The van der Waals surface area contributed by atoms with Gasteiger partial charge in [0.25, 0.3) is 6.43 Å². The number of fused-ring (bicyclic) bond motifs is 2. The SMILES string of the molecule is CC.CNC(=O)N1CCc2c(c(N3CCCc4cc(-c5cnn(C)c5)c(C(F)F)cc43)nn2C)C1. The number of nitrogens with zero attached hydrogens (tertiary/aromatic N) is 6. The minimum absolute atomic E-state index is 0.00886. The summed E-state index contributed by atoms with van der Waals surface area (Å²) in [5.74, 6) is 0.747. The van der Waals surface area contributed by atoms with Crippen LogP contribution < -0.4 is 10.2 Å². The van der Waals surface area contributed by atoms with Gasteiger partial charge in [-0.05, 0) is 36.1 Å². The number of carbonyl (C=O) groups is 1. The molecule has 2 aromatic heterocycles. The highest BCUT2D eigenvalue weighted by atomic mass is 19.3. The molecule has 0 unspecified atom stereocenters. The molecule has 0 radical (unpaired) electrons. The summed E-state index contributed by atoms with van der Waals surface area (Å²) in [6.45, 7) is 5.75. The van der Waals surface area contributed by atoms with E-state index in [1.54, 1.807) is 42.1 Å². The normalized spacial score (nSPS) is 14.9. The number of nitrogens with one attached hydrogen (secondary N) is 1. The van der Waals surface area contributed by atoms with Crippen molar-refractivity contribution in [3.63, 3.8) is 0 Å². The summed E-state index contributed by atoms with van der Waals surface area (Å²) in [6.07, 6.45) is 3.17. The van der Waals surface area contributed by atoms with Gasteiger partial charge in [-0.2, -0.15) is 10.2 Å². The van der Waals surface area contributed by atoms with Gasteiger partial charge in [0.05, 0.1) is 12.7 Å². The molecule has 5 rings (SSSR count). The Labute approximate surface area is 204 Å². The number of rotatable bonds is 3. The van der Waals surface area contributed by atoms with E-state index in [-0.39, 0.29) is 11.6 Å². The van der Waals surface area contributed by atoms with Crippen LogP contribution in [-0.2, 0) is 33.5 Å². The number of hydrogen-bond acceptors (Lipinski definition) is 4. The van der Waals surface area contributed by atoms with Crippen LogP contribution in [0, 0.1) is 0 Å². The number of hydrogen-bond donors (Lipinski definition) is 1. The second-order valence-electron chi connectivity index (χ2n) is 8.63. The maximum absolute atomic E-state index is 14.2. The number of amides is 2. The topological polar surface area (TPSA) is 71.2 Å². The summed E-state index contributed by atoms with van der Waals surface area (Å²) in [7, 11) is 5.30. The lowest BCUT2D eigenvalue weighted by atomic mass is 9.92. The van der Waals surface area contributed by atoms with Gasteiger partial charge in [-0.15, -0.1) is 0 Å². The molecule has 0 spiro atoms. The molecule has 2 amide bonds. The van der Waals surface area contributed by atoms with Crippen molar-refractivity contribution in [2.45, 2.75) is 46.1 Å². The molecule has 1 aromatic carbocycles. The van der Waals surface area contributed by atoms with E-state index < -0.39 is 6.43 Å². The van der Waals surface area contributed by atoms with Gasteiger partial charge in [-0.25, -0.2) is 13.6 Å². The smallest absolute Gasteiger partial charge is 0.317 e. The summed E-state index contributed by atoms with van der Waals surface area (Å²) < 4.78 is 31.8. The molecule has 188 valence electrons. The standard InChI is InChI=1S/C23H27F2N7O.C2H6/c1-26-23(33)31-8-6-19-18(13-31)22(28-30(19)3)32-7-4-5-14-9-16(15-11-27-29(2)12-15)17(21(24)25)10-20(14)32;1-2/h9-12,21H,4-8,13H2,1-3H3,(H,26,33);1-2H3. The fourth-order valence-electron chi connectivity index (χ4n) is 4.98. The number of alkyl halides is 2. The molecule has 1 N–H and O–H groups in total. The Balaban J connectivity index is 0.00000141. The van der Waals surface area contributed by atoms with Crippen LogP contribution >= 0.6 is 0 Å². The van der Waals surface area contributed by atoms with Crippen molar-refractivity contribution in [2.24, 2.45) is 14.1 Å². The number of anilines is 2. The molecule has 2 aliphatic rings. The first-order valence-electron chi connectivity index (χ1n) is 12.1. The summed E-state index contributed by atoms with van der Waals surface area (Å²) in [4.78, 5) is 16.1. The van der Waals surface area contributed by atoms with Crippen LogP contribution in [0.15, 0.2) is 24.5 Å². The first kappa shape index (κ1) is 24.7. The van der Waals surface area contributed by atoms with E-state index in [1.807, 2.05) is 36.5 Å². The quantitative estimate of drug-likeness (QED) is 0.590. The number of carbonyl (C=O) groups excluding carboxylic acids is 1.